The van der Waals surface area contributed by atoms with Gasteiger partial charge in [0.15, 0.2) is 0 Å². The third-order valence-electron chi connectivity index (χ3n) is 8.82. The summed E-state index contributed by atoms with van der Waals surface area (Å²) < 4.78 is 23.4. The maximum absolute atomic E-state index is 12.8. The number of hydrogen-bond acceptors (Lipinski definition) is 9. The molecule has 9 heteroatoms. The van der Waals surface area contributed by atoms with Gasteiger partial charge in [-0.3, -0.25) is 19.1 Å². The third kappa shape index (κ3) is 5.72. The first-order valence-corrected chi connectivity index (χ1v) is 14.0. The smallest absolute Gasteiger partial charge is 0.308 e. The number of allylic oxidation sites excluding steroid dienone is 3. The number of hydrogen-bond donors (Lipinski definition) is 2. The second-order valence-electron chi connectivity index (χ2n) is 11.4. The van der Waals surface area contributed by atoms with Crippen molar-refractivity contribution in [1.29, 1.82) is 0 Å². The van der Waals surface area contributed by atoms with Crippen LogP contribution in [0, 0.1) is 22.7 Å². The molecule has 1 saturated heterocycles. The van der Waals surface area contributed by atoms with Gasteiger partial charge >= 0.3 is 17.9 Å². The van der Waals surface area contributed by atoms with Crippen LogP contribution in [0.25, 0.3) is 0 Å². The zero-order valence-corrected chi connectivity index (χ0v) is 24.0. The number of rotatable bonds is 10. The molecular weight excluding hydrogens is 504 g/mol. The van der Waals surface area contributed by atoms with Gasteiger partial charge in [0.25, 0.3) is 0 Å². The Morgan fingerprint density at radius 2 is 1.72 bits per heavy atom. The fourth-order valence-electron chi connectivity index (χ4n) is 6.63. The molecule has 1 spiro atoms. The van der Waals surface area contributed by atoms with Crippen molar-refractivity contribution in [2.24, 2.45) is 22.7 Å². The topological polar surface area (TPSA) is 129 Å². The maximum Gasteiger partial charge on any atom is 0.308 e. The van der Waals surface area contributed by atoms with E-state index in [9.17, 15) is 24.6 Å². The van der Waals surface area contributed by atoms with Gasteiger partial charge in [0.1, 0.15) is 12.2 Å². The molecule has 1 saturated carbocycles. The molecule has 2 N–H and O–H groups in total. The first kappa shape index (κ1) is 31.0. The van der Waals surface area contributed by atoms with E-state index in [4.69, 9.17) is 18.9 Å². The van der Waals surface area contributed by atoms with Crippen LogP contribution >= 0.6 is 0 Å². The number of carbonyl (C=O) groups excluding carboxylic acids is 3. The van der Waals surface area contributed by atoms with E-state index in [0.717, 1.165) is 5.57 Å². The van der Waals surface area contributed by atoms with Crippen molar-refractivity contribution >= 4 is 17.9 Å². The summed E-state index contributed by atoms with van der Waals surface area (Å²) in [6.07, 6.45) is 1.59. The summed E-state index contributed by atoms with van der Waals surface area (Å²) in [5, 5.41) is 23.2. The highest BCUT2D eigenvalue weighted by Crippen LogP contribution is 2.67. The molecule has 0 amide bonds. The van der Waals surface area contributed by atoms with Crippen molar-refractivity contribution in [3.63, 3.8) is 0 Å². The molecular formula is C30H44O9. The molecule has 0 aromatic heterocycles. The predicted molar refractivity (Wildman–Crippen MR) is 143 cm³/mol. The van der Waals surface area contributed by atoms with Gasteiger partial charge in [0.05, 0.1) is 11.5 Å². The molecule has 1 heterocycles. The summed E-state index contributed by atoms with van der Waals surface area (Å²) in [6.45, 7) is 14.7. The lowest BCUT2D eigenvalue weighted by atomic mass is 9.44. The Hall–Kier alpha value is -2.49. The second kappa shape index (κ2) is 12.4. The molecule has 0 unspecified atom stereocenters. The molecule has 0 radical (unpaired) electrons. The van der Waals surface area contributed by atoms with Crippen LogP contribution in [0.1, 0.15) is 80.1 Å². The van der Waals surface area contributed by atoms with Gasteiger partial charge < -0.3 is 24.4 Å². The number of aliphatic hydroxyl groups excluding tert-OH is 2. The largest absolute Gasteiger partial charge is 0.459 e. The fourth-order valence-corrected chi connectivity index (χ4v) is 6.63. The van der Waals surface area contributed by atoms with Gasteiger partial charge in [-0.15, -0.1) is 0 Å². The Balaban J connectivity index is 2.25. The zero-order valence-electron chi connectivity index (χ0n) is 24.0. The monoisotopic (exact) mass is 548 g/mol. The first-order valence-electron chi connectivity index (χ1n) is 14.0. The number of carbonyl (C=O) groups is 3. The Labute approximate surface area is 231 Å². The summed E-state index contributed by atoms with van der Waals surface area (Å²) in [5.41, 5.74) is -0.837. The molecule has 9 nitrogen and oxygen atoms in total. The standard InChI is InChI=1S/C30H44O9/c1-8-11-23(33)37-25-18(5)29(7,14-13-17(4)10-3)22-16-20(32)15-21-27(38-24(34)12-9-2)39-28(36-19(6)31)30(21,22)26(25)35/h10,13,15,18,20,22,25-28,32,35H,3,8-9,11-12,14,16H2,1-2,4-7H3/b17-13-/t18-,20-,22+,25-,26+,27-,28-,29-,30-/m0/s1. The van der Waals surface area contributed by atoms with Crippen molar-refractivity contribution < 1.29 is 43.5 Å². The van der Waals surface area contributed by atoms with E-state index in [2.05, 4.69) is 6.58 Å². The van der Waals surface area contributed by atoms with Gasteiger partial charge in [-0.05, 0) is 50.0 Å². The van der Waals surface area contributed by atoms with Crippen LogP contribution in [0.15, 0.2) is 36.0 Å². The van der Waals surface area contributed by atoms with Crippen LogP contribution in [-0.2, 0) is 33.3 Å². The highest BCUT2D eigenvalue weighted by Gasteiger charge is 2.74. The molecule has 218 valence electrons. The Kier molecular flexibility index (Phi) is 9.83. The summed E-state index contributed by atoms with van der Waals surface area (Å²) >= 11 is 0. The Bertz CT molecular complexity index is 1020. The normalized spacial score (nSPS) is 37.7. The average molecular weight is 549 g/mol. The van der Waals surface area contributed by atoms with Gasteiger partial charge in [-0.1, -0.05) is 52.0 Å². The van der Waals surface area contributed by atoms with Crippen LogP contribution in [0.5, 0.6) is 0 Å². The van der Waals surface area contributed by atoms with Crippen LogP contribution in [0.2, 0.25) is 0 Å². The lowest BCUT2D eigenvalue weighted by molar-refractivity contribution is -0.275. The predicted octanol–water partition coefficient (Wildman–Crippen LogP) is 4.12. The number of aliphatic hydroxyl groups is 2. The maximum atomic E-state index is 12.8. The van der Waals surface area contributed by atoms with Crippen molar-refractivity contribution in [2.75, 3.05) is 0 Å². The molecule has 1 aliphatic heterocycles. The van der Waals surface area contributed by atoms with Gasteiger partial charge in [-0.2, -0.15) is 0 Å². The van der Waals surface area contributed by atoms with E-state index in [0.29, 0.717) is 24.8 Å². The number of esters is 3. The van der Waals surface area contributed by atoms with Crippen molar-refractivity contribution in [2.45, 2.75) is 111 Å². The second-order valence-corrected chi connectivity index (χ2v) is 11.4. The zero-order chi connectivity index (χ0) is 29.1. The molecule has 3 aliphatic rings. The molecule has 0 bridgehead atoms. The highest BCUT2D eigenvalue weighted by atomic mass is 16.8. The minimum atomic E-state index is -1.43. The molecule has 0 aromatic carbocycles. The molecule has 3 rings (SSSR count). The van der Waals surface area contributed by atoms with Crippen LogP contribution < -0.4 is 0 Å². The lowest BCUT2D eigenvalue weighted by Gasteiger charge is -2.62. The van der Waals surface area contributed by atoms with E-state index >= 15 is 0 Å². The third-order valence-corrected chi connectivity index (χ3v) is 8.82. The first-order chi connectivity index (χ1) is 18.4. The summed E-state index contributed by atoms with van der Waals surface area (Å²) in [6, 6.07) is 0. The van der Waals surface area contributed by atoms with Gasteiger partial charge in [0, 0.05) is 31.3 Å². The van der Waals surface area contributed by atoms with Crippen molar-refractivity contribution in [3.8, 4) is 0 Å². The molecule has 9 atom stereocenters. The fraction of sp³-hybridized carbons (Fsp3) is 0.700. The van der Waals surface area contributed by atoms with Crippen LogP contribution in [0.4, 0.5) is 0 Å². The molecule has 2 aliphatic carbocycles. The Morgan fingerprint density at radius 1 is 1.10 bits per heavy atom. The summed E-state index contributed by atoms with van der Waals surface area (Å²) in [7, 11) is 0. The SMILES string of the molecule is C=C/C(C)=C\C[C@]1(C)[C@H]2C[C@@H](O)C=C3[C@@H](OC(=O)CCC)O[C@H](OC(C)=O)[C@@]32[C@H](O)[C@@H](OC(=O)CCC)[C@@H]1C. The minimum absolute atomic E-state index is 0.143. The number of ether oxygens (including phenoxy) is 4. The van der Waals surface area contributed by atoms with E-state index in [1.54, 1.807) is 6.08 Å². The summed E-state index contributed by atoms with van der Waals surface area (Å²) in [4.78, 5) is 37.6. The summed E-state index contributed by atoms with van der Waals surface area (Å²) in [5.74, 6) is -2.47. The Morgan fingerprint density at radius 3 is 2.28 bits per heavy atom. The molecule has 39 heavy (non-hydrogen) atoms. The van der Waals surface area contributed by atoms with Crippen LogP contribution in [0.3, 0.4) is 0 Å². The van der Waals surface area contributed by atoms with Crippen molar-refractivity contribution in [1.82, 2.24) is 0 Å². The van der Waals surface area contributed by atoms with Gasteiger partial charge in [-0.25, -0.2) is 0 Å². The van der Waals surface area contributed by atoms with Gasteiger partial charge in [0.2, 0.25) is 12.6 Å². The molecule has 2 fully saturated rings. The molecule has 0 aromatic rings. The van der Waals surface area contributed by atoms with Crippen LogP contribution in [-0.4, -0.2) is 59.0 Å². The quantitative estimate of drug-likeness (QED) is 0.179. The van der Waals surface area contributed by atoms with E-state index in [1.165, 1.54) is 13.0 Å². The van der Waals surface area contributed by atoms with E-state index < -0.39 is 65.5 Å². The lowest BCUT2D eigenvalue weighted by Crippen LogP contribution is -2.68. The van der Waals surface area contributed by atoms with Crippen molar-refractivity contribution in [3.05, 3.63) is 36.0 Å². The average Bonchev–Trinajstić information content (AvgIpc) is 3.16. The highest BCUT2D eigenvalue weighted by molar-refractivity contribution is 5.70. The minimum Gasteiger partial charge on any atom is -0.459 e. The van der Waals surface area contributed by atoms with E-state index in [-0.39, 0.29) is 25.2 Å². The van der Waals surface area contributed by atoms with E-state index in [1.807, 2.05) is 40.7 Å².